The highest BCUT2D eigenvalue weighted by Crippen LogP contribution is 2.34. The number of nitrogens with zero attached hydrogens (tertiary/aromatic N) is 2. The number of rotatable bonds is 5. The summed E-state index contributed by atoms with van der Waals surface area (Å²) in [7, 11) is 3.99. The van der Waals surface area contributed by atoms with E-state index in [0.29, 0.717) is 17.3 Å². The van der Waals surface area contributed by atoms with Crippen molar-refractivity contribution in [2.45, 2.75) is 19.9 Å². The molecule has 6 heteroatoms. The molecule has 0 saturated carbocycles. The van der Waals surface area contributed by atoms with Crippen molar-refractivity contribution in [2.24, 2.45) is 0 Å². The van der Waals surface area contributed by atoms with Crippen LogP contribution in [0.2, 0.25) is 0 Å². The number of carbonyl (C=O) groups is 1. The van der Waals surface area contributed by atoms with Crippen LogP contribution < -0.4 is 15.1 Å². The molecule has 0 spiro atoms. The molecule has 0 fully saturated rings. The Morgan fingerprint density at radius 3 is 2.36 bits per heavy atom. The van der Waals surface area contributed by atoms with Gasteiger partial charge in [-0.05, 0) is 55.9 Å². The van der Waals surface area contributed by atoms with E-state index in [1.807, 2.05) is 92.3 Å². The number of allylic oxidation sites excluding steroid dienone is 1. The van der Waals surface area contributed by atoms with Crippen LogP contribution in [-0.2, 0) is 9.53 Å². The zero-order chi connectivity index (χ0) is 20.3. The van der Waals surface area contributed by atoms with E-state index in [4.69, 9.17) is 17.0 Å². The number of carbonyl (C=O) groups excluding carboxylic acids is 1. The number of nitrogens with one attached hydrogen (secondary N) is 1. The number of anilines is 2. The van der Waals surface area contributed by atoms with Gasteiger partial charge in [-0.2, -0.15) is 0 Å². The third-order valence-corrected chi connectivity index (χ3v) is 5.04. The Hall–Kier alpha value is -2.86. The predicted octanol–water partition coefficient (Wildman–Crippen LogP) is 4.03. The first-order valence-electron chi connectivity index (χ1n) is 9.25. The second kappa shape index (κ2) is 8.44. The number of hydrogen-bond donors (Lipinski definition) is 1. The van der Waals surface area contributed by atoms with Crippen LogP contribution in [0.1, 0.15) is 25.5 Å². The lowest BCUT2D eigenvalue weighted by atomic mass is 9.94. The van der Waals surface area contributed by atoms with Crippen molar-refractivity contribution in [3.8, 4) is 0 Å². The van der Waals surface area contributed by atoms with Gasteiger partial charge >= 0.3 is 5.97 Å². The number of benzene rings is 2. The van der Waals surface area contributed by atoms with Crippen molar-refractivity contribution in [1.82, 2.24) is 5.32 Å². The standard InChI is InChI=1S/C22H25N3O2S/c1-5-27-21(26)19-15(2)25(18-9-7-6-8-10-18)22(28)23-20(19)16-11-13-17(14-12-16)24(3)4/h6-14,20H,5H2,1-4H3,(H,23,28)/t20-/m0/s1. The van der Waals surface area contributed by atoms with E-state index < -0.39 is 0 Å². The molecule has 0 aliphatic carbocycles. The lowest BCUT2D eigenvalue weighted by molar-refractivity contribution is -0.139. The number of thiocarbonyl (C=S) groups is 1. The largest absolute Gasteiger partial charge is 0.463 e. The van der Waals surface area contributed by atoms with Gasteiger partial charge in [0.05, 0.1) is 18.2 Å². The maximum atomic E-state index is 12.9. The number of ether oxygens (including phenoxy) is 1. The highest BCUT2D eigenvalue weighted by atomic mass is 32.1. The van der Waals surface area contributed by atoms with Gasteiger partial charge < -0.3 is 15.0 Å². The molecule has 0 saturated heterocycles. The van der Waals surface area contributed by atoms with Crippen molar-refractivity contribution in [3.63, 3.8) is 0 Å². The van der Waals surface area contributed by atoms with Gasteiger partial charge in [0.1, 0.15) is 0 Å². The average molecular weight is 396 g/mol. The van der Waals surface area contributed by atoms with Gasteiger partial charge in [0.25, 0.3) is 0 Å². The maximum absolute atomic E-state index is 12.9. The molecule has 3 rings (SSSR count). The smallest absolute Gasteiger partial charge is 0.338 e. The summed E-state index contributed by atoms with van der Waals surface area (Å²) in [5.41, 5.74) is 4.29. The summed E-state index contributed by atoms with van der Waals surface area (Å²) in [5.74, 6) is -0.336. The summed E-state index contributed by atoms with van der Waals surface area (Å²) < 4.78 is 5.37. The molecule has 1 N–H and O–H groups in total. The van der Waals surface area contributed by atoms with Gasteiger partial charge in [0.15, 0.2) is 5.11 Å². The highest BCUT2D eigenvalue weighted by Gasteiger charge is 2.35. The fourth-order valence-corrected chi connectivity index (χ4v) is 3.68. The van der Waals surface area contributed by atoms with Crippen LogP contribution in [0, 0.1) is 0 Å². The Kier molecular flexibility index (Phi) is 5.99. The molecule has 0 amide bonds. The first-order chi connectivity index (χ1) is 13.4. The van der Waals surface area contributed by atoms with E-state index in [1.165, 1.54) is 0 Å². The fraction of sp³-hybridized carbons (Fsp3) is 0.273. The Morgan fingerprint density at radius 1 is 1.14 bits per heavy atom. The minimum Gasteiger partial charge on any atom is -0.463 e. The first-order valence-corrected chi connectivity index (χ1v) is 9.65. The summed E-state index contributed by atoms with van der Waals surface area (Å²) in [6, 6.07) is 17.5. The second-order valence-corrected chi connectivity index (χ2v) is 7.15. The molecule has 0 aromatic heterocycles. The molecule has 2 aromatic carbocycles. The monoisotopic (exact) mass is 395 g/mol. The molecule has 1 heterocycles. The molecule has 2 aromatic rings. The van der Waals surface area contributed by atoms with E-state index in [2.05, 4.69) is 5.32 Å². The lowest BCUT2D eigenvalue weighted by Crippen LogP contribution is -2.48. The molecular formula is C22H25N3O2S. The van der Waals surface area contributed by atoms with E-state index >= 15 is 0 Å². The van der Waals surface area contributed by atoms with Crippen LogP contribution in [-0.4, -0.2) is 31.8 Å². The fourth-order valence-electron chi connectivity index (χ4n) is 3.32. The van der Waals surface area contributed by atoms with Crippen LogP contribution >= 0.6 is 12.2 Å². The molecule has 0 bridgehead atoms. The van der Waals surface area contributed by atoms with E-state index in [0.717, 1.165) is 22.6 Å². The Bertz CT molecular complexity index is 892. The van der Waals surface area contributed by atoms with Crippen LogP contribution in [0.3, 0.4) is 0 Å². The molecule has 1 atom stereocenters. The Morgan fingerprint density at radius 2 is 1.79 bits per heavy atom. The van der Waals surface area contributed by atoms with Crippen molar-refractivity contribution in [1.29, 1.82) is 0 Å². The van der Waals surface area contributed by atoms with Crippen LogP contribution in [0.15, 0.2) is 65.9 Å². The third-order valence-electron chi connectivity index (χ3n) is 4.74. The summed E-state index contributed by atoms with van der Waals surface area (Å²) in [4.78, 5) is 16.8. The van der Waals surface area contributed by atoms with Crippen molar-refractivity contribution >= 4 is 34.7 Å². The molecule has 1 aliphatic heterocycles. The molecular weight excluding hydrogens is 370 g/mol. The summed E-state index contributed by atoms with van der Waals surface area (Å²) >= 11 is 5.66. The van der Waals surface area contributed by atoms with Crippen molar-refractivity contribution in [3.05, 3.63) is 71.4 Å². The zero-order valence-corrected chi connectivity index (χ0v) is 17.4. The molecule has 146 valence electrons. The lowest BCUT2D eigenvalue weighted by Gasteiger charge is -2.37. The second-order valence-electron chi connectivity index (χ2n) is 6.76. The molecule has 1 aliphatic rings. The Labute approximate surface area is 171 Å². The van der Waals surface area contributed by atoms with Gasteiger partial charge in [0, 0.05) is 31.2 Å². The maximum Gasteiger partial charge on any atom is 0.338 e. The van der Waals surface area contributed by atoms with Gasteiger partial charge in [-0.25, -0.2) is 4.79 Å². The van der Waals surface area contributed by atoms with Crippen LogP contribution in [0.4, 0.5) is 11.4 Å². The van der Waals surface area contributed by atoms with Crippen LogP contribution in [0.5, 0.6) is 0 Å². The highest BCUT2D eigenvalue weighted by molar-refractivity contribution is 7.80. The minimum absolute atomic E-state index is 0.317. The topological polar surface area (TPSA) is 44.8 Å². The normalized spacial score (nSPS) is 16.6. The summed E-state index contributed by atoms with van der Waals surface area (Å²) in [6.45, 7) is 4.04. The predicted molar refractivity (Wildman–Crippen MR) is 117 cm³/mol. The van der Waals surface area contributed by atoms with Gasteiger partial charge in [-0.1, -0.05) is 30.3 Å². The summed E-state index contributed by atoms with van der Waals surface area (Å²) in [5, 5.41) is 3.89. The van der Waals surface area contributed by atoms with Crippen molar-refractivity contribution in [2.75, 3.05) is 30.5 Å². The SMILES string of the molecule is CCOC(=O)C1=C(C)N(c2ccccc2)C(=S)N[C@H]1c1ccc(N(C)C)cc1. The van der Waals surface area contributed by atoms with Gasteiger partial charge in [-0.3, -0.25) is 4.90 Å². The summed E-state index contributed by atoms with van der Waals surface area (Å²) in [6.07, 6.45) is 0. The number of esters is 1. The molecule has 5 nitrogen and oxygen atoms in total. The van der Waals surface area contributed by atoms with Crippen LogP contribution in [0.25, 0.3) is 0 Å². The number of para-hydroxylation sites is 1. The molecule has 0 unspecified atom stereocenters. The van der Waals surface area contributed by atoms with Gasteiger partial charge in [-0.15, -0.1) is 0 Å². The van der Waals surface area contributed by atoms with E-state index in [9.17, 15) is 4.79 Å². The van der Waals surface area contributed by atoms with Crippen molar-refractivity contribution < 1.29 is 9.53 Å². The number of hydrogen-bond acceptors (Lipinski definition) is 4. The minimum atomic E-state index is -0.359. The third kappa shape index (κ3) is 3.87. The zero-order valence-electron chi connectivity index (χ0n) is 16.6. The first kappa shape index (κ1) is 19.9. The van der Waals surface area contributed by atoms with Gasteiger partial charge in [0.2, 0.25) is 0 Å². The average Bonchev–Trinajstić information content (AvgIpc) is 2.68. The van der Waals surface area contributed by atoms with E-state index in [-0.39, 0.29) is 12.0 Å². The van der Waals surface area contributed by atoms with E-state index in [1.54, 1.807) is 0 Å². The molecule has 28 heavy (non-hydrogen) atoms. The quantitative estimate of drug-likeness (QED) is 0.609. The Balaban J connectivity index is 2.08. The molecule has 0 radical (unpaired) electrons.